The van der Waals surface area contributed by atoms with Gasteiger partial charge in [0.15, 0.2) is 0 Å². The molecule has 90 valence electrons. The molecule has 0 bridgehead atoms. The number of hydrogen-bond donors (Lipinski definition) is 1. The highest BCUT2D eigenvalue weighted by molar-refractivity contribution is 9.10. The zero-order chi connectivity index (χ0) is 12.0. The number of methoxy groups -OCH3 is 1. The Morgan fingerprint density at radius 2 is 1.94 bits per heavy atom. The molecule has 0 radical (unpaired) electrons. The Morgan fingerprint density at radius 3 is 2.50 bits per heavy atom. The molecule has 0 aliphatic carbocycles. The minimum absolute atomic E-state index is 0.646. The number of hydrogen-bond acceptors (Lipinski definition) is 2. The molecule has 0 aromatic heterocycles. The maximum absolute atomic E-state index is 10.2. The van der Waals surface area contributed by atoms with E-state index in [2.05, 4.69) is 15.9 Å². The molecule has 1 aromatic rings. The molecule has 1 rings (SSSR count). The summed E-state index contributed by atoms with van der Waals surface area (Å²) >= 11 is 3.40. The molecule has 1 atom stereocenters. The van der Waals surface area contributed by atoms with E-state index in [0.717, 1.165) is 22.9 Å². The molecule has 16 heavy (non-hydrogen) atoms. The Hall–Kier alpha value is -0.380. The van der Waals surface area contributed by atoms with Gasteiger partial charge in [-0.1, -0.05) is 28.1 Å². The Morgan fingerprint density at radius 1 is 1.31 bits per heavy atom. The van der Waals surface area contributed by atoms with E-state index in [1.807, 2.05) is 31.2 Å². The van der Waals surface area contributed by atoms with Crippen LogP contribution in [0, 0.1) is 0 Å². The summed E-state index contributed by atoms with van der Waals surface area (Å²) in [6, 6.07) is 8.07. The van der Waals surface area contributed by atoms with Crippen molar-refractivity contribution >= 4 is 15.9 Å². The monoisotopic (exact) mass is 286 g/mol. The predicted octanol–water partition coefficient (Wildman–Crippen LogP) is 3.17. The van der Waals surface area contributed by atoms with Crippen LogP contribution in [0.15, 0.2) is 28.7 Å². The van der Waals surface area contributed by atoms with Crippen LogP contribution < -0.4 is 0 Å². The summed E-state index contributed by atoms with van der Waals surface area (Å²) in [5, 5.41) is 10.2. The van der Waals surface area contributed by atoms with Crippen LogP contribution in [0.2, 0.25) is 0 Å². The molecule has 0 aliphatic rings. The van der Waals surface area contributed by atoms with E-state index >= 15 is 0 Å². The standard InChI is InChI=1S/C13H19BrO2/c1-13(15,8-3-9-16-2)10-11-4-6-12(14)7-5-11/h4-7,15H,3,8-10H2,1-2H3. The molecular weight excluding hydrogens is 268 g/mol. The number of ether oxygens (including phenoxy) is 1. The first-order valence-electron chi connectivity index (χ1n) is 5.49. The molecule has 0 fully saturated rings. The van der Waals surface area contributed by atoms with Crippen molar-refractivity contribution in [3.05, 3.63) is 34.3 Å². The van der Waals surface area contributed by atoms with Gasteiger partial charge in [0.2, 0.25) is 0 Å². The summed E-state index contributed by atoms with van der Waals surface area (Å²) in [6.07, 6.45) is 2.33. The molecule has 3 heteroatoms. The number of rotatable bonds is 6. The zero-order valence-corrected chi connectivity index (χ0v) is 11.5. The lowest BCUT2D eigenvalue weighted by atomic mass is 9.92. The van der Waals surface area contributed by atoms with Gasteiger partial charge in [0.1, 0.15) is 0 Å². The second kappa shape index (κ2) is 6.38. The third-order valence-corrected chi connectivity index (χ3v) is 3.09. The highest BCUT2D eigenvalue weighted by Crippen LogP contribution is 2.20. The third-order valence-electron chi connectivity index (χ3n) is 2.56. The van der Waals surface area contributed by atoms with Crippen LogP contribution in [0.3, 0.4) is 0 Å². The van der Waals surface area contributed by atoms with E-state index in [1.54, 1.807) is 7.11 Å². The summed E-state index contributed by atoms with van der Waals surface area (Å²) in [5.41, 5.74) is 0.512. The molecule has 1 aromatic carbocycles. The fourth-order valence-electron chi connectivity index (χ4n) is 1.73. The zero-order valence-electron chi connectivity index (χ0n) is 9.87. The molecule has 0 amide bonds. The van der Waals surface area contributed by atoms with Crippen LogP contribution in [0.1, 0.15) is 25.3 Å². The molecule has 0 saturated heterocycles. The SMILES string of the molecule is COCCCC(C)(O)Cc1ccc(Br)cc1. The Kier molecular flexibility index (Phi) is 5.46. The van der Waals surface area contributed by atoms with E-state index in [1.165, 1.54) is 0 Å². The van der Waals surface area contributed by atoms with E-state index in [4.69, 9.17) is 4.74 Å². The quantitative estimate of drug-likeness (QED) is 0.814. The second-order valence-electron chi connectivity index (χ2n) is 4.40. The Labute approximate surface area is 106 Å². The van der Waals surface area contributed by atoms with Gasteiger partial charge in [-0.15, -0.1) is 0 Å². The molecule has 0 aliphatic heterocycles. The number of aliphatic hydroxyl groups is 1. The van der Waals surface area contributed by atoms with Crippen molar-refractivity contribution in [2.75, 3.05) is 13.7 Å². The summed E-state index contributed by atoms with van der Waals surface area (Å²) in [6.45, 7) is 2.58. The van der Waals surface area contributed by atoms with Crippen molar-refractivity contribution in [3.63, 3.8) is 0 Å². The van der Waals surface area contributed by atoms with Crippen molar-refractivity contribution in [1.29, 1.82) is 0 Å². The van der Waals surface area contributed by atoms with Crippen LogP contribution in [0.5, 0.6) is 0 Å². The highest BCUT2D eigenvalue weighted by Gasteiger charge is 2.20. The fourth-order valence-corrected chi connectivity index (χ4v) is 1.99. The van der Waals surface area contributed by atoms with E-state index < -0.39 is 5.60 Å². The van der Waals surface area contributed by atoms with E-state index in [0.29, 0.717) is 13.0 Å². The Bertz CT molecular complexity index is 306. The largest absolute Gasteiger partial charge is 0.390 e. The van der Waals surface area contributed by atoms with Crippen LogP contribution in [-0.2, 0) is 11.2 Å². The lowest BCUT2D eigenvalue weighted by Gasteiger charge is -2.23. The third kappa shape index (κ3) is 5.10. The maximum Gasteiger partial charge on any atom is 0.0660 e. The van der Waals surface area contributed by atoms with Crippen molar-refractivity contribution < 1.29 is 9.84 Å². The first-order chi connectivity index (χ1) is 7.53. The smallest absolute Gasteiger partial charge is 0.0660 e. The molecule has 0 spiro atoms. The van der Waals surface area contributed by atoms with Crippen molar-refractivity contribution in [1.82, 2.24) is 0 Å². The van der Waals surface area contributed by atoms with Gasteiger partial charge in [-0.05, 0) is 37.5 Å². The lowest BCUT2D eigenvalue weighted by Crippen LogP contribution is -2.27. The van der Waals surface area contributed by atoms with Gasteiger partial charge >= 0.3 is 0 Å². The molecule has 1 N–H and O–H groups in total. The van der Waals surface area contributed by atoms with Crippen molar-refractivity contribution in [2.24, 2.45) is 0 Å². The van der Waals surface area contributed by atoms with Crippen LogP contribution in [0.4, 0.5) is 0 Å². The van der Waals surface area contributed by atoms with Crippen molar-refractivity contribution in [2.45, 2.75) is 31.8 Å². The highest BCUT2D eigenvalue weighted by atomic mass is 79.9. The summed E-state index contributed by atoms with van der Waals surface area (Å²) < 4.78 is 6.05. The first kappa shape index (κ1) is 13.7. The fraction of sp³-hybridized carbons (Fsp3) is 0.538. The second-order valence-corrected chi connectivity index (χ2v) is 5.31. The molecular formula is C13H19BrO2. The van der Waals surface area contributed by atoms with Gasteiger partial charge in [0, 0.05) is 24.6 Å². The average molecular weight is 287 g/mol. The minimum atomic E-state index is -0.646. The molecule has 1 unspecified atom stereocenters. The van der Waals surface area contributed by atoms with Crippen LogP contribution >= 0.6 is 15.9 Å². The summed E-state index contributed by atoms with van der Waals surface area (Å²) in [5.74, 6) is 0. The summed E-state index contributed by atoms with van der Waals surface area (Å²) in [7, 11) is 1.68. The number of halogens is 1. The van der Waals surface area contributed by atoms with Gasteiger partial charge in [0.25, 0.3) is 0 Å². The molecule has 2 nitrogen and oxygen atoms in total. The van der Waals surface area contributed by atoms with Crippen LogP contribution in [0.25, 0.3) is 0 Å². The van der Waals surface area contributed by atoms with E-state index in [-0.39, 0.29) is 0 Å². The minimum Gasteiger partial charge on any atom is -0.390 e. The van der Waals surface area contributed by atoms with Gasteiger partial charge in [0.05, 0.1) is 5.60 Å². The maximum atomic E-state index is 10.2. The average Bonchev–Trinajstić information content (AvgIpc) is 2.21. The van der Waals surface area contributed by atoms with Gasteiger partial charge in [-0.2, -0.15) is 0 Å². The lowest BCUT2D eigenvalue weighted by molar-refractivity contribution is 0.0409. The van der Waals surface area contributed by atoms with Gasteiger partial charge < -0.3 is 9.84 Å². The number of benzene rings is 1. The topological polar surface area (TPSA) is 29.5 Å². The van der Waals surface area contributed by atoms with Crippen LogP contribution in [-0.4, -0.2) is 24.4 Å². The predicted molar refractivity (Wildman–Crippen MR) is 69.6 cm³/mol. The Balaban J connectivity index is 2.48. The van der Waals surface area contributed by atoms with Gasteiger partial charge in [-0.3, -0.25) is 0 Å². The van der Waals surface area contributed by atoms with Crippen molar-refractivity contribution in [3.8, 4) is 0 Å². The normalized spacial score (nSPS) is 14.8. The van der Waals surface area contributed by atoms with Gasteiger partial charge in [-0.25, -0.2) is 0 Å². The van der Waals surface area contributed by atoms with E-state index in [9.17, 15) is 5.11 Å². The molecule has 0 heterocycles. The first-order valence-corrected chi connectivity index (χ1v) is 6.28. The summed E-state index contributed by atoms with van der Waals surface area (Å²) in [4.78, 5) is 0. The molecule has 0 saturated carbocycles.